The molecule has 0 bridgehead atoms. The molecule has 0 saturated heterocycles. The number of ether oxygens (including phenoxy) is 1. The van der Waals surface area contributed by atoms with Crippen molar-refractivity contribution < 1.29 is 19.4 Å². The van der Waals surface area contributed by atoms with E-state index in [0.717, 1.165) is 0 Å². The Morgan fingerprint density at radius 1 is 1.23 bits per heavy atom. The van der Waals surface area contributed by atoms with Gasteiger partial charge in [-0.3, -0.25) is 9.59 Å². The lowest BCUT2D eigenvalue weighted by molar-refractivity contribution is -0.156. The molecule has 4 heteroatoms. The molecule has 0 amide bonds. The Morgan fingerprint density at radius 3 is 1.92 bits per heavy atom. The Bertz CT molecular complexity index is 198. The maximum atomic E-state index is 11.1. The second-order valence-corrected chi connectivity index (χ2v) is 3.42. The lowest BCUT2D eigenvalue weighted by atomic mass is 9.84. The molecule has 0 fully saturated rings. The molecule has 13 heavy (non-hydrogen) atoms. The molecule has 0 saturated carbocycles. The number of esters is 1. The maximum Gasteiger partial charge on any atom is 0.309 e. The standard InChI is InChI=1S/C9H16O4/c1-5(2)7(8(10)11)6(3)9(12)13-4/h5-7H,1-4H3,(H,10,11). The van der Waals surface area contributed by atoms with Crippen molar-refractivity contribution in [2.24, 2.45) is 17.8 Å². The third-order valence-electron chi connectivity index (χ3n) is 2.12. The third kappa shape index (κ3) is 3.05. The average Bonchev–Trinajstić information content (AvgIpc) is 2.01. The van der Waals surface area contributed by atoms with Crippen molar-refractivity contribution in [2.45, 2.75) is 20.8 Å². The van der Waals surface area contributed by atoms with E-state index < -0.39 is 23.8 Å². The van der Waals surface area contributed by atoms with Crippen molar-refractivity contribution in [3.8, 4) is 0 Å². The summed E-state index contributed by atoms with van der Waals surface area (Å²) in [4.78, 5) is 21.9. The first-order valence-corrected chi connectivity index (χ1v) is 4.22. The van der Waals surface area contributed by atoms with Crippen LogP contribution < -0.4 is 0 Å². The quantitative estimate of drug-likeness (QED) is 0.672. The van der Waals surface area contributed by atoms with E-state index in [0.29, 0.717) is 0 Å². The second kappa shape index (κ2) is 4.84. The van der Waals surface area contributed by atoms with Gasteiger partial charge in [0, 0.05) is 0 Å². The molecular formula is C9H16O4. The molecule has 2 atom stereocenters. The minimum atomic E-state index is -0.951. The maximum absolute atomic E-state index is 11.1. The summed E-state index contributed by atoms with van der Waals surface area (Å²) in [5, 5.41) is 8.85. The zero-order valence-electron chi connectivity index (χ0n) is 8.40. The van der Waals surface area contributed by atoms with Crippen molar-refractivity contribution in [1.29, 1.82) is 0 Å². The number of carboxylic acids is 1. The number of hydrogen-bond acceptors (Lipinski definition) is 3. The van der Waals surface area contributed by atoms with Gasteiger partial charge in [0.05, 0.1) is 18.9 Å². The minimum Gasteiger partial charge on any atom is -0.481 e. The van der Waals surface area contributed by atoms with Crippen LogP contribution in [0, 0.1) is 17.8 Å². The summed E-state index contributed by atoms with van der Waals surface area (Å²) in [7, 11) is 1.26. The van der Waals surface area contributed by atoms with Crippen LogP contribution in [0.15, 0.2) is 0 Å². The van der Waals surface area contributed by atoms with E-state index in [2.05, 4.69) is 4.74 Å². The Kier molecular flexibility index (Phi) is 4.45. The van der Waals surface area contributed by atoms with Gasteiger partial charge >= 0.3 is 11.9 Å². The van der Waals surface area contributed by atoms with E-state index in [4.69, 9.17) is 5.11 Å². The summed E-state index contributed by atoms with van der Waals surface area (Å²) in [6.45, 7) is 5.13. The highest BCUT2D eigenvalue weighted by molar-refractivity contribution is 5.80. The molecule has 0 aliphatic carbocycles. The van der Waals surface area contributed by atoms with Gasteiger partial charge in [-0.05, 0) is 5.92 Å². The molecule has 2 unspecified atom stereocenters. The zero-order chi connectivity index (χ0) is 10.6. The Hall–Kier alpha value is -1.06. The Labute approximate surface area is 77.9 Å². The first-order chi connectivity index (χ1) is 5.91. The second-order valence-electron chi connectivity index (χ2n) is 3.42. The summed E-state index contributed by atoms with van der Waals surface area (Å²) in [6, 6.07) is 0. The van der Waals surface area contributed by atoms with Crippen LogP contribution in [-0.2, 0) is 14.3 Å². The number of hydrogen-bond donors (Lipinski definition) is 1. The van der Waals surface area contributed by atoms with Crippen molar-refractivity contribution in [1.82, 2.24) is 0 Å². The van der Waals surface area contributed by atoms with Crippen LogP contribution in [0.2, 0.25) is 0 Å². The van der Waals surface area contributed by atoms with E-state index in [9.17, 15) is 9.59 Å². The zero-order valence-corrected chi connectivity index (χ0v) is 8.40. The molecular weight excluding hydrogens is 172 g/mol. The summed E-state index contributed by atoms with van der Waals surface area (Å²) in [5.41, 5.74) is 0. The van der Waals surface area contributed by atoms with Gasteiger partial charge in [0.1, 0.15) is 0 Å². The number of carbonyl (C=O) groups is 2. The summed E-state index contributed by atoms with van der Waals surface area (Å²) in [6.07, 6.45) is 0. The Balaban J connectivity index is 4.55. The van der Waals surface area contributed by atoms with Crippen LogP contribution in [0.5, 0.6) is 0 Å². The fraction of sp³-hybridized carbons (Fsp3) is 0.778. The highest BCUT2D eigenvalue weighted by atomic mass is 16.5. The van der Waals surface area contributed by atoms with Gasteiger partial charge in [0.25, 0.3) is 0 Å². The van der Waals surface area contributed by atoms with Crippen LogP contribution in [0.1, 0.15) is 20.8 Å². The fourth-order valence-corrected chi connectivity index (χ4v) is 1.41. The van der Waals surface area contributed by atoms with E-state index in [1.54, 1.807) is 20.8 Å². The highest BCUT2D eigenvalue weighted by Crippen LogP contribution is 2.22. The van der Waals surface area contributed by atoms with Crippen LogP contribution >= 0.6 is 0 Å². The van der Waals surface area contributed by atoms with Gasteiger partial charge in [-0.1, -0.05) is 20.8 Å². The SMILES string of the molecule is COC(=O)C(C)C(C(=O)O)C(C)C. The van der Waals surface area contributed by atoms with E-state index >= 15 is 0 Å². The van der Waals surface area contributed by atoms with Crippen molar-refractivity contribution in [2.75, 3.05) is 7.11 Å². The number of aliphatic carboxylic acids is 1. The molecule has 0 radical (unpaired) electrons. The average molecular weight is 188 g/mol. The fourth-order valence-electron chi connectivity index (χ4n) is 1.41. The van der Waals surface area contributed by atoms with E-state index in [1.165, 1.54) is 7.11 Å². The molecule has 1 N–H and O–H groups in total. The van der Waals surface area contributed by atoms with Gasteiger partial charge in [-0.25, -0.2) is 0 Å². The Morgan fingerprint density at radius 2 is 1.69 bits per heavy atom. The monoisotopic (exact) mass is 188 g/mol. The number of rotatable bonds is 4. The van der Waals surface area contributed by atoms with Gasteiger partial charge in [-0.2, -0.15) is 0 Å². The smallest absolute Gasteiger partial charge is 0.309 e. The predicted octanol–water partition coefficient (Wildman–Crippen LogP) is 1.15. The van der Waals surface area contributed by atoms with E-state index in [1.807, 2.05) is 0 Å². The third-order valence-corrected chi connectivity index (χ3v) is 2.12. The lowest BCUT2D eigenvalue weighted by Gasteiger charge is -2.21. The van der Waals surface area contributed by atoms with Crippen LogP contribution in [0.3, 0.4) is 0 Å². The highest BCUT2D eigenvalue weighted by Gasteiger charge is 2.33. The number of carboxylic acid groups (broad SMARTS) is 1. The van der Waals surface area contributed by atoms with Crippen molar-refractivity contribution in [3.63, 3.8) is 0 Å². The number of methoxy groups -OCH3 is 1. The summed E-state index contributed by atoms with van der Waals surface area (Å²) in [5.74, 6) is -2.77. The molecule has 4 nitrogen and oxygen atoms in total. The molecule has 0 rings (SSSR count). The topological polar surface area (TPSA) is 63.6 Å². The molecule has 0 aromatic rings. The van der Waals surface area contributed by atoms with Gasteiger partial charge in [0.15, 0.2) is 0 Å². The molecule has 0 aromatic heterocycles. The van der Waals surface area contributed by atoms with Crippen LogP contribution in [0.25, 0.3) is 0 Å². The lowest BCUT2D eigenvalue weighted by Crippen LogP contribution is -2.32. The van der Waals surface area contributed by atoms with Crippen LogP contribution in [-0.4, -0.2) is 24.2 Å². The summed E-state index contributed by atoms with van der Waals surface area (Å²) >= 11 is 0. The van der Waals surface area contributed by atoms with Gasteiger partial charge in [-0.15, -0.1) is 0 Å². The van der Waals surface area contributed by atoms with Gasteiger partial charge in [0.2, 0.25) is 0 Å². The first kappa shape index (κ1) is 11.9. The largest absolute Gasteiger partial charge is 0.481 e. The molecule has 76 valence electrons. The number of carbonyl (C=O) groups excluding carboxylic acids is 1. The molecule has 0 aliphatic heterocycles. The van der Waals surface area contributed by atoms with Crippen LogP contribution in [0.4, 0.5) is 0 Å². The molecule has 0 heterocycles. The molecule has 0 aromatic carbocycles. The molecule has 0 aliphatic rings. The van der Waals surface area contributed by atoms with E-state index in [-0.39, 0.29) is 5.92 Å². The van der Waals surface area contributed by atoms with Crippen molar-refractivity contribution >= 4 is 11.9 Å². The molecule has 0 spiro atoms. The normalized spacial score (nSPS) is 15.2. The predicted molar refractivity (Wildman–Crippen MR) is 47.1 cm³/mol. The minimum absolute atomic E-state index is 0.0772. The van der Waals surface area contributed by atoms with Crippen molar-refractivity contribution in [3.05, 3.63) is 0 Å². The summed E-state index contributed by atoms with van der Waals surface area (Å²) < 4.78 is 4.49. The first-order valence-electron chi connectivity index (χ1n) is 4.22. The van der Waals surface area contributed by atoms with Gasteiger partial charge < -0.3 is 9.84 Å².